The second kappa shape index (κ2) is 5.90. The van der Waals surface area contributed by atoms with Crippen molar-refractivity contribution in [2.75, 3.05) is 20.2 Å². The van der Waals surface area contributed by atoms with Gasteiger partial charge in [0.1, 0.15) is 0 Å². The van der Waals surface area contributed by atoms with Gasteiger partial charge in [0.2, 0.25) is 10.0 Å². The number of hydrogen-bond donors (Lipinski definition) is 2. The zero-order chi connectivity index (χ0) is 14.8. The Kier molecular flexibility index (Phi) is 4.42. The molecule has 1 aliphatic heterocycles. The predicted octanol–water partition coefficient (Wildman–Crippen LogP) is 0.192. The molecule has 1 aliphatic rings. The number of benzene rings is 1. The lowest BCUT2D eigenvalue weighted by Gasteiger charge is -2.22. The van der Waals surface area contributed by atoms with Gasteiger partial charge in [-0.3, -0.25) is 4.79 Å². The molecule has 0 bridgehead atoms. The molecule has 1 amide bonds. The number of amides is 1. The molecule has 1 fully saturated rings. The number of aliphatic hydroxyl groups is 1. The van der Waals surface area contributed by atoms with Gasteiger partial charge < -0.3 is 10.4 Å². The van der Waals surface area contributed by atoms with Crippen LogP contribution in [0.1, 0.15) is 23.2 Å². The minimum atomic E-state index is -3.61. The molecule has 2 N–H and O–H groups in total. The van der Waals surface area contributed by atoms with Crippen LogP contribution in [0.5, 0.6) is 0 Å². The number of carbonyl (C=O) groups excluding carboxylic acids is 1. The normalized spacial score (nSPS) is 20.0. The van der Waals surface area contributed by atoms with Crippen molar-refractivity contribution in [2.24, 2.45) is 0 Å². The molecule has 0 spiro atoms. The molecule has 0 aromatic heterocycles. The first-order valence-corrected chi connectivity index (χ1v) is 7.89. The SMILES string of the molecule is CNC(=O)c1ccc(S(=O)(=O)N2CCC[C@@H]2CO)cc1. The van der Waals surface area contributed by atoms with E-state index in [-0.39, 0.29) is 23.5 Å². The van der Waals surface area contributed by atoms with Crippen LogP contribution in [-0.4, -0.2) is 50.0 Å². The van der Waals surface area contributed by atoms with Crippen molar-refractivity contribution >= 4 is 15.9 Å². The van der Waals surface area contributed by atoms with Gasteiger partial charge in [-0.25, -0.2) is 8.42 Å². The summed E-state index contributed by atoms with van der Waals surface area (Å²) < 4.78 is 26.3. The third-order valence-electron chi connectivity index (χ3n) is 3.48. The molecule has 20 heavy (non-hydrogen) atoms. The fraction of sp³-hybridized carbons (Fsp3) is 0.462. The van der Waals surface area contributed by atoms with E-state index in [0.717, 1.165) is 6.42 Å². The number of nitrogens with zero attached hydrogens (tertiary/aromatic N) is 1. The summed E-state index contributed by atoms with van der Waals surface area (Å²) in [5.74, 6) is -0.261. The lowest BCUT2D eigenvalue weighted by atomic mass is 10.2. The zero-order valence-corrected chi connectivity index (χ0v) is 12.1. The van der Waals surface area contributed by atoms with Crippen molar-refractivity contribution in [1.82, 2.24) is 9.62 Å². The quantitative estimate of drug-likeness (QED) is 0.831. The van der Waals surface area contributed by atoms with Gasteiger partial charge in [0.15, 0.2) is 0 Å². The molecule has 0 aliphatic carbocycles. The lowest BCUT2D eigenvalue weighted by molar-refractivity contribution is 0.0963. The molecule has 0 saturated carbocycles. The molecule has 7 heteroatoms. The zero-order valence-electron chi connectivity index (χ0n) is 11.2. The fourth-order valence-electron chi connectivity index (χ4n) is 2.37. The van der Waals surface area contributed by atoms with E-state index in [1.54, 1.807) is 0 Å². The second-order valence-corrected chi connectivity index (χ2v) is 6.59. The molecule has 1 heterocycles. The van der Waals surface area contributed by atoms with Crippen LogP contribution in [0.4, 0.5) is 0 Å². The van der Waals surface area contributed by atoms with E-state index in [0.29, 0.717) is 18.5 Å². The van der Waals surface area contributed by atoms with Gasteiger partial charge in [-0.05, 0) is 37.1 Å². The summed E-state index contributed by atoms with van der Waals surface area (Å²) in [5, 5.41) is 11.7. The topological polar surface area (TPSA) is 86.7 Å². The Morgan fingerprint density at radius 1 is 1.40 bits per heavy atom. The smallest absolute Gasteiger partial charge is 0.251 e. The number of nitrogens with one attached hydrogen (secondary N) is 1. The van der Waals surface area contributed by atoms with Crippen LogP contribution in [0.15, 0.2) is 29.2 Å². The first-order chi connectivity index (χ1) is 9.50. The lowest BCUT2D eigenvalue weighted by Crippen LogP contribution is -2.37. The molecule has 1 aromatic carbocycles. The van der Waals surface area contributed by atoms with Crippen LogP contribution >= 0.6 is 0 Å². The number of rotatable bonds is 4. The number of hydrogen-bond acceptors (Lipinski definition) is 4. The summed E-state index contributed by atoms with van der Waals surface area (Å²) in [6.07, 6.45) is 1.42. The minimum Gasteiger partial charge on any atom is -0.395 e. The van der Waals surface area contributed by atoms with Gasteiger partial charge in [-0.15, -0.1) is 0 Å². The van der Waals surface area contributed by atoms with Gasteiger partial charge in [0, 0.05) is 25.2 Å². The van der Waals surface area contributed by atoms with Crippen molar-refractivity contribution in [1.29, 1.82) is 0 Å². The molecule has 0 radical (unpaired) electrons. The van der Waals surface area contributed by atoms with Crippen molar-refractivity contribution in [3.8, 4) is 0 Å². The van der Waals surface area contributed by atoms with Crippen LogP contribution in [0.3, 0.4) is 0 Å². The molecule has 1 atom stereocenters. The summed E-state index contributed by atoms with van der Waals surface area (Å²) in [7, 11) is -2.09. The summed E-state index contributed by atoms with van der Waals surface area (Å²) in [6.45, 7) is 0.250. The van der Waals surface area contributed by atoms with Gasteiger partial charge >= 0.3 is 0 Å². The minimum absolute atomic E-state index is 0.144. The van der Waals surface area contributed by atoms with E-state index in [9.17, 15) is 18.3 Å². The molecule has 1 aromatic rings. The molecule has 1 saturated heterocycles. The number of aliphatic hydroxyl groups excluding tert-OH is 1. The van der Waals surface area contributed by atoms with Crippen molar-refractivity contribution in [3.05, 3.63) is 29.8 Å². The largest absolute Gasteiger partial charge is 0.395 e. The summed E-state index contributed by atoms with van der Waals surface area (Å²) in [5.41, 5.74) is 0.409. The van der Waals surface area contributed by atoms with Crippen LogP contribution in [0, 0.1) is 0 Å². The predicted molar refractivity (Wildman–Crippen MR) is 73.8 cm³/mol. The molecule has 2 rings (SSSR count). The van der Waals surface area contributed by atoms with Gasteiger partial charge in [0.25, 0.3) is 5.91 Å². The fourth-order valence-corrected chi connectivity index (χ4v) is 4.05. The average Bonchev–Trinajstić information content (AvgIpc) is 2.95. The Morgan fingerprint density at radius 2 is 2.05 bits per heavy atom. The van der Waals surface area contributed by atoms with Crippen LogP contribution in [0.25, 0.3) is 0 Å². The van der Waals surface area contributed by atoms with Crippen LogP contribution in [0.2, 0.25) is 0 Å². The summed E-state index contributed by atoms with van der Waals surface area (Å²) in [4.78, 5) is 11.6. The van der Waals surface area contributed by atoms with E-state index in [2.05, 4.69) is 5.32 Å². The Labute approximate surface area is 118 Å². The highest BCUT2D eigenvalue weighted by molar-refractivity contribution is 7.89. The maximum Gasteiger partial charge on any atom is 0.251 e. The van der Waals surface area contributed by atoms with Crippen LogP contribution < -0.4 is 5.32 Å². The molecule has 110 valence electrons. The Balaban J connectivity index is 2.28. The number of sulfonamides is 1. The van der Waals surface area contributed by atoms with Crippen molar-refractivity contribution in [2.45, 2.75) is 23.8 Å². The molecule has 6 nitrogen and oxygen atoms in total. The summed E-state index contributed by atoms with van der Waals surface area (Å²) >= 11 is 0. The third-order valence-corrected chi connectivity index (χ3v) is 5.45. The van der Waals surface area contributed by atoms with Crippen molar-refractivity contribution < 1.29 is 18.3 Å². The Morgan fingerprint density at radius 3 is 2.60 bits per heavy atom. The average molecular weight is 298 g/mol. The highest BCUT2D eigenvalue weighted by Gasteiger charge is 2.34. The maximum absolute atomic E-state index is 12.5. The van der Waals surface area contributed by atoms with Gasteiger partial charge in [-0.2, -0.15) is 4.31 Å². The second-order valence-electron chi connectivity index (χ2n) is 4.70. The standard InChI is InChI=1S/C13H18N2O4S/c1-14-13(17)10-4-6-12(7-5-10)20(18,19)15-8-2-3-11(15)9-16/h4-7,11,16H,2-3,8-9H2,1H3,(H,14,17)/t11-/m1/s1. The third kappa shape index (κ3) is 2.70. The van der Waals surface area contributed by atoms with E-state index >= 15 is 0 Å². The Hall–Kier alpha value is -1.44. The first kappa shape index (κ1) is 15.0. The number of carbonyl (C=O) groups is 1. The molecular formula is C13H18N2O4S. The van der Waals surface area contributed by atoms with Crippen molar-refractivity contribution in [3.63, 3.8) is 0 Å². The van der Waals surface area contributed by atoms with E-state index < -0.39 is 10.0 Å². The molecule has 0 unspecified atom stereocenters. The van der Waals surface area contributed by atoms with Gasteiger partial charge in [0.05, 0.1) is 11.5 Å². The first-order valence-electron chi connectivity index (χ1n) is 6.45. The Bertz CT molecular complexity index is 583. The highest BCUT2D eigenvalue weighted by atomic mass is 32.2. The van der Waals surface area contributed by atoms with Crippen LogP contribution in [-0.2, 0) is 10.0 Å². The summed E-state index contributed by atoms with van der Waals surface area (Å²) in [6, 6.07) is 5.46. The molecular weight excluding hydrogens is 280 g/mol. The maximum atomic E-state index is 12.5. The van der Waals surface area contributed by atoms with E-state index in [4.69, 9.17) is 0 Å². The van der Waals surface area contributed by atoms with E-state index in [1.165, 1.54) is 35.6 Å². The monoisotopic (exact) mass is 298 g/mol. The highest BCUT2D eigenvalue weighted by Crippen LogP contribution is 2.25. The van der Waals surface area contributed by atoms with E-state index in [1.807, 2.05) is 0 Å². The van der Waals surface area contributed by atoms with Gasteiger partial charge in [-0.1, -0.05) is 0 Å².